The lowest BCUT2D eigenvalue weighted by Crippen LogP contribution is -2.48. The van der Waals surface area contributed by atoms with Gasteiger partial charge in [-0.1, -0.05) is 64.7 Å². The maximum absolute atomic E-state index is 13.9. The number of carbonyl (C=O) groups is 2. The van der Waals surface area contributed by atoms with Gasteiger partial charge in [-0.05, 0) is 68.2 Å². The summed E-state index contributed by atoms with van der Waals surface area (Å²) >= 11 is 0. The molecule has 228 valence electrons. The molecule has 0 radical (unpaired) electrons. The average Bonchev–Trinajstić information content (AvgIpc) is 2.98. The molecule has 1 aromatic carbocycles. The Hall–Kier alpha value is -2.77. The summed E-state index contributed by atoms with van der Waals surface area (Å²) in [4.78, 5) is 34.5. The van der Waals surface area contributed by atoms with Crippen LogP contribution in [0.1, 0.15) is 115 Å². The van der Waals surface area contributed by atoms with Crippen LogP contribution in [-0.4, -0.2) is 59.9 Å². The van der Waals surface area contributed by atoms with Gasteiger partial charge < -0.3 is 25.6 Å². The van der Waals surface area contributed by atoms with E-state index < -0.39 is 0 Å². The first-order valence-corrected chi connectivity index (χ1v) is 16.4. The number of rotatable bonds is 15. The average molecular weight is 568 g/mol. The summed E-state index contributed by atoms with van der Waals surface area (Å²) in [6, 6.07) is 6.35. The largest absolute Gasteiger partial charge is 0.494 e. The molecule has 2 amide bonds. The number of anilines is 1. The van der Waals surface area contributed by atoms with Crippen molar-refractivity contribution in [3.05, 3.63) is 23.8 Å². The van der Waals surface area contributed by atoms with Crippen molar-refractivity contribution in [2.45, 2.75) is 122 Å². The third-order valence-corrected chi connectivity index (χ3v) is 8.86. The van der Waals surface area contributed by atoms with Crippen molar-refractivity contribution in [3.63, 3.8) is 0 Å². The Morgan fingerprint density at radius 1 is 1.02 bits per heavy atom. The number of ether oxygens (including phenoxy) is 1. The van der Waals surface area contributed by atoms with Crippen LogP contribution in [0.4, 0.5) is 5.69 Å². The van der Waals surface area contributed by atoms with E-state index in [1.807, 2.05) is 18.2 Å². The molecule has 0 atom stereocenters. The molecule has 41 heavy (non-hydrogen) atoms. The summed E-state index contributed by atoms with van der Waals surface area (Å²) < 4.78 is 5.91. The monoisotopic (exact) mass is 567 g/mol. The van der Waals surface area contributed by atoms with Gasteiger partial charge in [-0.25, -0.2) is 4.99 Å². The number of fused-ring (bicyclic) bond motifs is 1. The highest BCUT2D eigenvalue weighted by molar-refractivity contribution is 5.98. The summed E-state index contributed by atoms with van der Waals surface area (Å²) in [5.41, 5.74) is 7.37. The van der Waals surface area contributed by atoms with Crippen LogP contribution in [0.5, 0.6) is 5.75 Å². The van der Waals surface area contributed by atoms with Gasteiger partial charge in [0.05, 0.1) is 12.6 Å². The van der Waals surface area contributed by atoms with Crippen LogP contribution >= 0.6 is 0 Å². The minimum absolute atomic E-state index is 0.215. The zero-order valence-corrected chi connectivity index (χ0v) is 25.4. The lowest BCUT2D eigenvalue weighted by molar-refractivity contribution is -0.132. The Labute approximate surface area is 247 Å². The van der Waals surface area contributed by atoms with E-state index in [1.165, 1.54) is 70.6 Å². The number of amides is 2. The summed E-state index contributed by atoms with van der Waals surface area (Å²) in [5, 5.41) is 3.58. The molecule has 2 fully saturated rings. The molecular weight excluding hydrogens is 514 g/mol. The number of carbonyl (C=O) groups excluding carboxylic acids is 2. The highest BCUT2D eigenvalue weighted by Crippen LogP contribution is 2.30. The molecule has 0 spiro atoms. The molecule has 0 aromatic heterocycles. The first-order chi connectivity index (χ1) is 20.0. The van der Waals surface area contributed by atoms with E-state index in [1.54, 1.807) is 0 Å². The van der Waals surface area contributed by atoms with E-state index in [-0.39, 0.29) is 11.8 Å². The van der Waals surface area contributed by atoms with Crippen LogP contribution < -0.4 is 15.8 Å². The lowest BCUT2D eigenvalue weighted by atomic mass is 9.89. The highest BCUT2D eigenvalue weighted by atomic mass is 16.5. The number of unbranched alkanes of at least 4 members (excludes halogenated alkanes) is 3. The SMILES string of the molecule is CCCCCCN(CC1CCCCC1)C(=O)CN1Cc2cc(OCCCC(N)=O)ccc2NC1=NC1CCCCC1. The molecule has 1 aliphatic heterocycles. The minimum Gasteiger partial charge on any atom is -0.494 e. The molecule has 8 nitrogen and oxygen atoms in total. The number of hydrogen-bond donors (Lipinski definition) is 2. The fourth-order valence-corrected chi connectivity index (χ4v) is 6.45. The van der Waals surface area contributed by atoms with Crippen LogP contribution in [0, 0.1) is 5.92 Å². The Morgan fingerprint density at radius 3 is 2.51 bits per heavy atom. The third kappa shape index (κ3) is 10.2. The van der Waals surface area contributed by atoms with Crippen molar-refractivity contribution in [2.75, 3.05) is 31.6 Å². The quantitative estimate of drug-likeness (QED) is 0.245. The number of nitrogens with one attached hydrogen (secondary N) is 1. The number of nitrogens with zero attached hydrogens (tertiary/aromatic N) is 3. The predicted octanol–water partition coefficient (Wildman–Crippen LogP) is 6.24. The van der Waals surface area contributed by atoms with Crippen LogP contribution in [0.25, 0.3) is 0 Å². The molecular formula is C33H53N5O3. The number of hydrogen-bond acceptors (Lipinski definition) is 4. The maximum atomic E-state index is 13.9. The number of nitrogens with two attached hydrogens (primary N) is 1. The maximum Gasteiger partial charge on any atom is 0.242 e. The molecule has 8 heteroatoms. The van der Waals surface area contributed by atoms with Crippen LogP contribution in [0.2, 0.25) is 0 Å². The van der Waals surface area contributed by atoms with Crippen LogP contribution in [-0.2, 0) is 16.1 Å². The van der Waals surface area contributed by atoms with Crippen molar-refractivity contribution >= 4 is 23.5 Å². The van der Waals surface area contributed by atoms with Gasteiger partial charge in [0, 0.05) is 31.7 Å². The fourth-order valence-electron chi connectivity index (χ4n) is 6.45. The van der Waals surface area contributed by atoms with Crippen molar-refractivity contribution in [3.8, 4) is 5.75 Å². The number of aliphatic imine (C=N–C) groups is 1. The van der Waals surface area contributed by atoms with Gasteiger partial charge >= 0.3 is 0 Å². The van der Waals surface area contributed by atoms with Gasteiger partial charge in [0.2, 0.25) is 11.8 Å². The minimum atomic E-state index is -0.309. The van der Waals surface area contributed by atoms with E-state index >= 15 is 0 Å². The smallest absolute Gasteiger partial charge is 0.242 e. The van der Waals surface area contributed by atoms with Crippen molar-refractivity contribution in [2.24, 2.45) is 16.6 Å². The van der Waals surface area contributed by atoms with E-state index in [2.05, 4.69) is 22.0 Å². The van der Waals surface area contributed by atoms with Crippen molar-refractivity contribution in [1.82, 2.24) is 9.80 Å². The molecule has 1 heterocycles. The second-order valence-corrected chi connectivity index (χ2v) is 12.4. The van der Waals surface area contributed by atoms with Crippen LogP contribution in [0.3, 0.4) is 0 Å². The standard InChI is InChI=1S/C33H53N5O3/c1-2-3-4-11-20-37(23-26-13-7-5-8-14-26)32(40)25-38-24-27-22-29(41-21-12-17-31(34)39)18-19-30(27)36-33(38)35-28-15-9-6-10-16-28/h18-19,22,26,28H,2-17,20-21,23-25H2,1H3,(H2,34,39)(H,35,36). The predicted molar refractivity (Wildman–Crippen MR) is 166 cm³/mol. The summed E-state index contributed by atoms with van der Waals surface area (Å²) in [5.74, 6) is 2.13. The summed E-state index contributed by atoms with van der Waals surface area (Å²) in [7, 11) is 0. The first-order valence-electron chi connectivity index (χ1n) is 16.4. The first kappa shape index (κ1) is 31.2. The molecule has 0 unspecified atom stereocenters. The molecule has 0 saturated heterocycles. The number of benzene rings is 1. The molecule has 1 aromatic rings. The zero-order chi connectivity index (χ0) is 28.9. The Bertz CT molecular complexity index is 1000. The molecule has 0 bridgehead atoms. The van der Waals surface area contributed by atoms with Crippen LogP contribution in [0.15, 0.2) is 23.2 Å². The molecule has 2 aliphatic carbocycles. The molecule has 4 rings (SSSR count). The topological polar surface area (TPSA) is 100 Å². The van der Waals surface area contributed by atoms with Gasteiger partial charge in [0.15, 0.2) is 5.96 Å². The summed E-state index contributed by atoms with van der Waals surface area (Å²) in [6.07, 6.45) is 18.0. The van der Waals surface area contributed by atoms with Gasteiger partial charge in [-0.15, -0.1) is 0 Å². The molecule has 2 saturated carbocycles. The Morgan fingerprint density at radius 2 is 1.78 bits per heavy atom. The van der Waals surface area contributed by atoms with Gasteiger partial charge in [-0.3, -0.25) is 9.59 Å². The zero-order valence-electron chi connectivity index (χ0n) is 25.4. The van der Waals surface area contributed by atoms with Gasteiger partial charge in [-0.2, -0.15) is 0 Å². The molecule has 3 aliphatic rings. The fraction of sp³-hybridized carbons (Fsp3) is 0.727. The van der Waals surface area contributed by atoms with E-state index in [0.29, 0.717) is 44.5 Å². The summed E-state index contributed by atoms with van der Waals surface area (Å²) in [6.45, 7) is 5.37. The van der Waals surface area contributed by atoms with Gasteiger partial charge in [0.25, 0.3) is 0 Å². The Kier molecular flexibility index (Phi) is 12.6. The number of primary amides is 1. The highest BCUT2D eigenvalue weighted by Gasteiger charge is 2.28. The van der Waals surface area contributed by atoms with E-state index in [4.69, 9.17) is 15.5 Å². The normalized spacial score (nSPS) is 19.0. The Balaban J connectivity index is 1.48. The van der Waals surface area contributed by atoms with Crippen molar-refractivity contribution in [1.29, 1.82) is 0 Å². The lowest BCUT2D eigenvalue weighted by Gasteiger charge is -2.36. The van der Waals surface area contributed by atoms with Crippen molar-refractivity contribution < 1.29 is 14.3 Å². The second-order valence-electron chi connectivity index (χ2n) is 12.4. The second kappa shape index (κ2) is 16.6. The molecule has 3 N–H and O–H groups in total. The number of guanidine groups is 1. The van der Waals surface area contributed by atoms with Gasteiger partial charge in [0.1, 0.15) is 12.3 Å². The van der Waals surface area contributed by atoms with E-state index in [9.17, 15) is 9.59 Å². The third-order valence-electron chi connectivity index (χ3n) is 8.86. The van der Waals surface area contributed by atoms with E-state index in [0.717, 1.165) is 55.3 Å².